The molecule has 0 bridgehead atoms. The summed E-state index contributed by atoms with van der Waals surface area (Å²) < 4.78 is 0. The second kappa shape index (κ2) is 8.48. The van der Waals surface area contributed by atoms with E-state index < -0.39 is 0 Å². The van der Waals surface area contributed by atoms with E-state index in [2.05, 4.69) is 15.1 Å². The van der Waals surface area contributed by atoms with Gasteiger partial charge < -0.3 is 20.0 Å². The van der Waals surface area contributed by atoms with Crippen molar-refractivity contribution in [2.75, 3.05) is 62.2 Å². The first-order chi connectivity index (χ1) is 14.1. The van der Waals surface area contributed by atoms with E-state index in [4.69, 9.17) is 0 Å². The molecule has 0 spiro atoms. The number of nitro benzene ring substituents is 1. The van der Waals surface area contributed by atoms with Gasteiger partial charge in [0.2, 0.25) is 0 Å². The predicted molar refractivity (Wildman–Crippen MR) is 113 cm³/mol. The number of carbonyl (C=O) groups is 1. The lowest BCUT2D eigenvalue weighted by atomic mass is 10.1. The van der Waals surface area contributed by atoms with Crippen molar-refractivity contribution in [3.63, 3.8) is 0 Å². The molecule has 29 heavy (non-hydrogen) atoms. The van der Waals surface area contributed by atoms with Gasteiger partial charge in [-0.15, -0.1) is 0 Å². The van der Waals surface area contributed by atoms with Gasteiger partial charge in [0.1, 0.15) is 5.69 Å². The van der Waals surface area contributed by atoms with Crippen LogP contribution in [0.25, 0.3) is 0 Å². The van der Waals surface area contributed by atoms with E-state index in [9.17, 15) is 14.9 Å². The largest absolute Gasteiger partial charge is 0.368 e. The molecular weight excluding hydrogens is 370 g/mol. The summed E-state index contributed by atoms with van der Waals surface area (Å²) in [6.07, 6.45) is 0. The molecule has 0 atom stereocenters. The van der Waals surface area contributed by atoms with Crippen molar-refractivity contribution in [1.82, 2.24) is 10.2 Å². The van der Waals surface area contributed by atoms with Crippen molar-refractivity contribution in [2.24, 2.45) is 0 Å². The quantitative estimate of drug-likeness (QED) is 0.630. The Bertz CT molecular complexity index is 875. The van der Waals surface area contributed by atoms with Gasteiger partial charge in [0.05, 0.1) is 4.92 Å². The van der Waals surface area contributed by atoms with E-state index in [-0.39, 0.29) is 16.5 Å². The monoisotopic (exact) mass is 395 g/mol. The Balaban J connectivity index is 1.48. The van der Waals surface area contributed by atoms with Crippen molar-refractivity contribution in [1.29, 1.82) is 0 Å². The van der Waals surface area contributed by atoms with Gasteiger partial charge in [-0.3, -0.25) is 14.9 Å². The fourth-order valence-electron chi connectivity index (χ4n) is 3.95. The first-order valence-electron chi connectivity index (χ1n) is 9.97. The minimum absolute atomic E-state index is 0.0513. The van der Waals surface area contributed by atoms with Gasteiger partial charge >= 0.3 is 0 Å². The average molecular weight is 395 g/mol. The second-order valence-corrected chi connectivity index (χ2v) is 7.31. The lowest BCUT2D eigenvalue weighted by Gasteiger charge is -2.37. The van der Waals surface area contributed by atoms with Crippen LogP contribution in [0, 0.1) is 10.1 Å². The maximum atomic E-state index is 12.6. The smallest absolute Gasteiger partial charge is 0.292 e. The van der Waals surface area contributed by atoms with Crippen LogP contribution in [-0.2, 0) is 0 Å². The molecule has 2 aromatic carbocycles. The van der Waals surface area contributed by atoms with Gasteiger partial charge in [-0.05, 0) is 24.3 Å². The molecule has 2 fully saturated rings. The molecule has 0 unspecified atom stereocenters. The number of rotatable bonds is 4. The Morgan fingerprint density at radius 2 is 1.59 bits per heavy atom. The zero-order chi connectivity index (χ0) is 20.2. The number of anilines is 2. The molecule has 1 amide bonds. The maximum Gasteiger partial charge on any atom is 0.292 e. The van der Waals surface area contributed by atoms with Crippen LogP contribution in [0.15, 0.2) is 48.5 Å². The fourth-order valence-corrected chi connectivity index (χ4v) is 3.95. The first-order valence-corrected chi connectivity index (χ1v) is 9.97. The van der Waals surface area contributed by atoms with Crippen molar-refractivity contribution < 1.29 is 9.72 Å². The molecule has 0 aromatic heterocycles. The van der Waals surface area contributed by atoms with Gasteiger partial charge in [0, 0.05) is 69.7 Å². The normalized spacial score (nSPS) is 17.3. The highest BCUT2D eigenvalue weighted by atomic mass is 16.6. The Morgan fingerprint density at radius 1 is 0.897 bits per heavy atom. The number of hydrogen-bond donors (Lipinski definition) is 1. The van der Waals surface area contributed by atoms with E-state index in [1.54, 1.807) is 6.07 Å². The zero-order valence-electron chi connectivity index (χ0n) is 16.3. The zero-order valence-corrected chi connectivity index (χ0v) is 16.3. The molecule has 2 aliphatic heterocycles. The molecule has 0 aliphatic carbocycles. The molecule has 8 nitrogen and oxygen atoms in total. The van der Waals surface area contributed by atoms with Crippen LogP contribution in [0.5, 0.6) is 0 Å². The summed E-state index contributed by atoms with van der Waals surface area (Å²) in [5.41, 5.74) is 2.50. The van der Waals surface area contributed by atoms with Gasteiger partial charge in [0.25, 0.3) is 11.6 Å². The highest BCUT2D eigenvalue weighted by Crippen LogP contribution is 2.33. The summed E-state index contributed by atoms with van der Waals surface area (Å²) in [5, 5.41) is 14.8. The molecule has 1 N–H and O–H groups in total. The minimum atomic E-state index is -0.308. The molecular formula is C21H25N5O3. The van der Waals surface area contributed by atoms with Gasteiger partial charge in [-0.1, -0.05) is 18.2 Å². The third-order valence-electron chi connectivity index (χ3n) is 5.57. The van der Waals surface area contributed by atoms with Gasteiger partial charge in [-0.25, -0.2) is 0 Å². The Morgan fingerprint density at radius 3 is 2.24 bits per heavy atom. The average Bonchev–Trinajstić information content (AvgIpc) is 2.79. The number of nitro groups is 1. The highest BCUT2D eigenvalue weighted by Gasteiger charge is 2.26. The maximum absolute atomic E-state index is 12.6. The summed E-state index contributed by atoms with van der Waals surface area (Å²) in [5.74, 6) is 0.0513. The lowest BCUT2D eigenvalue weighted by molar-refractivity contribution is -0.384. The molecule has 2 aromatic rings. The van der Waals surface area contributed by atoms with Crippen molar-refractivity contribution in [2.45, 2.75) is 0 Å². The molecule has 4 rings (SSSR count). The van der Waals surface area contributed by atoms with Crippen LogP contribution in [0.4, 0.5) is 17.1 Å². The molecule has 8 heteroatoms. The number of nitrogens with zero attached hydrogens (tertiary/aromatic N) is 4. The number of amides is 1. The molecule has 2 aliphatic rings. The third kappa shape index (κ3) is 4.17. The number of nitrogens with one attached hydrogen (secondary N) is 1. The third-order valence-corrected chi connectivity index (χ3v) is 5.57. The number of piperazine rings is 2. The van der Waals surface area contributed by atoms with Crippen molar-refractivity contribution in [3.8, 4) is 0 Å². The predicted octanol–water partition coefficient (Wildman–Crippen LogP) is 1.97. The van der Waals surface area contributed by atoms with Crippen LogP contribution in [0.1, 0.15) is 10.4 Å². The Kier molecular flexibility index (Phi) is 5.62. The van der Waals surface area contributed by atoms with Crippen LogP contribution >= 0.6 is 0 Å². The molecule has 2 saturated heterocycles. The SMILES string of the molecule is O=C(c1ccccc1)N1CCN(c2ccc([N+](=O)[O-])c(N3CCNCC3)c2)CC1. The lowest BCUT2D eigenvalue weighted by Crippen LogP contribution is -2.49. The second-order valence-electron chi connectivity index (χ2n) is 7.31. The molecule has 0 radical (unpaired) electrons. The summed E-state index contributed by atoms with van der Waals surface area (Å²) in [7, 11) is 0. The molecule has 2 heterocycles. The van der Waals surface area contributed by atoms with Gasteiger partial charge in [-0.2, -0.15) is 0 Å². The number of hydrogen-bond acceptors (Lipinski definition) is 6. The number of benzene rings is 2. The van der Waals surface area contributed by atoms with Crippen LogP contribution < -0.4 is 15.1 Å². The molecule has 0 saturated carbocycles. The van der Waals surface area contributed by atoms with Gasteiger partial charge in [0.15, 0.2) is 0 Å². The van der Waals surface area contributed by atoms with E-state index in [0.29, 0.717) is 37.4 Å². The van der Waals surface area contributed by atoms with Crippen molar-refractivity contribution >= 4 is 23.0 Å². The van der Waals surface area contributed by atoms with E-state index in [1.807, 2.05) is 47.4 Å². The molecule has 152 valence electrons. The van der Waals surface area contributed by atoms with E-state index in [0.717, 1.165) is 31.9 Å². The summed E-state index contributed by atoms with van der Waals surface area (Å²) in [6, 6.07) is 14.7. The topological polar surface area (TPSA) is 82.0 Å². The minimum Gasteiger partial charge on any atom is -0.368 e. The highest BCUT2D eigenvalue weighted by molar-refractivity contribution is 5.94. The fraction of sp³-hybridized carbons (Fsp3) is 0.381. The Labute approximate surface area is 169 Å². The standard InChI is InChI=1S/C21H25N5O3/c27-21(17-4-2-1-3-5-17)25-14-12-23(13-15-25)18-6-7-19(26(28)29)20(16-18)24-10-8-22-9-11-24/h1-7,16,22H,8-15H2. The van der Waals surface area contributed by atoms with Crippen molar-refractivity contribution in [3.05, 3.63) is 64.2 Å². The summed E-state index contributed by atoms with van der Waals surface area (Å²) in [6.45, 7) is 5.83. The number of carbonyl (C=O) groups excluding carboxylic acids is 1. The summed E-state index contributed by atoms with van der Waals surface area (Å²) in [4.78, 5) is 30.0. The van der Waals surface area contributed by atoms with E-state index in [1.165, 1.54) is 0 Å². The Hall–Kier alpha value is -3.13. The first kappa shape index (κ1) is 19.2. The van der Waals surface area contributed by atoms with Crippen LogP contribution in [0.2, 0.25) is 0 Å². The van der Waals surface area contributed by atoms with Crippen LogP contribution in [-0.4, -0.2) is 68.1 Å². The summed E-state index contributed by atoms with van der Waals surface area (Å²) >= 11 is 0. The van der Waals surface area contributed by atoms with Crippen LogP contribution in [0.3, 0.4) is 0 Å². The van der Waals surface area contributed by atoms with E-state index >= 15 is 0 Å².